The summed E-state index contributed by atoms with van der Waals surface area (Å²) in [6, 6.07) is 0. The van der Waals surface area contributed by atoms with Crippen LogP contribution in [-0.4, -0.2) is 24.6 Å². The molecular formula is C16H29N3S. The van der Waals surface area contributed by atoms with Crippen LogP contribution in [0.2, 0.25) is 0 Å². The molecule has 0 atom stereocenters. The van der Waals surface area contributed by atoms with Gasteiger partial charge in [0.15, 0.2) is 5.13 Å². The molecule has 1 saturated heterocycles. The van der Waals surface area contributed by atoms with Crippen LogP contribution in [0.5, 0.6) is 0 Å². The lowest BCUT2D eigenvalue weighted by Crippen LogP contribution is -2.38. The van der Waals surface area contributed by atoms with Gasteiger partial charge in [-0.15, -0.1) is 11.3 Å². The summed E-state index contributed by atoms with van der Waals surface area (Å²) in [5.74, 6) is 0. The lowest BCUT2D eigenvalue weighted by Gasteiger charge is -2.38. The zero-order valence-corrected chi connectivity index (χ0v) is 14.3. The highest BCUT2D eigenvalue weighted by Gasteiger charge is 2.29. The number of nitrogens with one attached hydrogen (secondary N) is 1. The first kappa shape index (κ1) is 15.8. The average Bonchev–Trinajstić information content (AvgIpc) is 2.81. The Hall–Kier alpha value is -0.610. The predicted octanol–water partition coefficient (Wildman–Crippen LogP) is 3.97. The van der Waals surface area contributed by atoms with E-state index in [4.69, 9.17) is 4.98 Å². The summed E-state index contributed by atoms with van der Waals surface area (Å²) in [5.41, 5.74) is 1.76. The first-order chi connectivity index (χ1) is 9.58. The van der Waals surface area contributed by atoms with E-state index in [9.17, 15) is 0 Å². The summed E-state index contributed by atoms with van der Waals surface area (Å²) >= 11 is 1.88. The maximum atomic E-state index is 4.79. The molecule has 1 aliphatic heterocycles. The quantitative estimate of drug-likeness (QED) is 0.805. The molecule has 1 fully saturated rings. The molecule has 1 aromatic rings. The van der Waals surface area contributed by atoms with E-state index in [-0.39, 0.29) is 0 Å². The summed E-state index contributed by atoms with van der Waals surface area (Å²) in [6.07, 6.45) is 5.08. The molecule has 0 unspecified atom stereocenters. The minimum atomic E-state index is 0.550. The fraction of sp³-hybridized carbons (Fsp3) is 0.812. The Morgan fingerprint density at radius 1 is 1.30 bits per heavy atom. The highest BCUT2D eigenvalue weighted by Crippen LogP contribution is 2.37. The van der Waals surface area contributed by atoms with Crippen molar-refractivity contribution in [1.82, 2.24) is 10.3 Å². The van der Waals surface area contributed by atoms with Crippen LogP contribution in [0.25, 0.3) is 0 Å². The zero-order valence-electron chi connectivity index (χ0n) is 13.5. The number of rotatable bonds is 6. The third kappa shape index (κ3) is 3.73. The number of aryl methyl sites for hydroxylation is 1. The molecule has 1 aliphatic rings. The van der Waals surface area contributed by atoms with Crippen LogP contribution in [0.4, 0.5) is 5.13 Å². The maximum absolute atomic E-state index is 4.79. The average molecular weight is 295 g/mol. The molecule has 0 radical (unpaired) electrons. The molecule has 3 nitrogen and oxygen atoms in total. The van der Waals surface area contributed by atoms with Crippen LogP contribution in [0, 0.1) is 12.3 Å². The Morgan fingerprint density at radius 3 is 2.60 bits per heavy atom. The van der Waals surface area contributed by atoms with Gasteiger partial charge in [0, 0.05) is 24.5 Å². The summed E-state index contributed by atoms with van der Waals surface area (Å²) in [7, 11) is 0. The summed E-state index contributed by atoms with van der Waals surface area (Å²) < 4.78 is 0. The van der Waals surface area contributed by atoms with E-state index in [0.29, 0.717) is 5.41 Å². The van der Waals surface area contributed by atoms with Crippen molar-refractivity contribution < 1.29 is 0 Å². The number of anilines is 1. The Balaban J connectivity index is 1.95. The van der Waals surface area contributed by atoms with Gasteiger partial charge in [0.05, 0.1) is 5.69 Å². The highest BCUT2D eigenvalue weighted by molar-refractivity contribution is 7.15. The van der Waals surface area contributed by atoms with Crippen molar-refractivity contribution >= 4 is 16.5 Å². The third-order valence-electron chi connectivity index (χ3n) is 4.69. The Bertz CT molecular complexity index is 419. The van der Waals surface area contributed by atoms with Crippen LogP contribution >= 0.6 is 11.3 Å². The van der Waals surface area contributed by atoms with Gasteiger partial charge in [-0.1, -0.05) is 27.2 Å². The van der Waals surface area contributed by atoms with Crippen LogP contribution in [-0.2, 0) is 6.54 Å². The molecule has 0 bridgehead atoms. The second kappa shape index (κ2) is 6.90. The lowest BCUT2D eigenvalue weighted by atomic mass is 9.78. The van der Waals surface area contributed by atoms with Crippen molar-refractivity contribution in [1.29, 1.82) is 0 Å². The van der Waals surface area contributed by atoms with Gasteiger partial charge in [-0.05, 0) is 38.1 Å². The second-order valence-corrected chi connectivity index (χ2v) is 7.40. The standard InChI is InChI=1S/C16H29N3S/c1-5-9-17-12-14-13(3)18-15(20-14)19-10-7-16(4,6-2)8-11-19/h17H,5-12H2,1-4H3. The van der Waals surface area contributed by atoms with Crippen molar-refractivity contribution in [3.8, 4) is 0 Å². The minimum Gasteiger partial charge on any atom is -0.348 e. The molecule has 20 heavy (non-hydrogen) atoms. The van der Waals surface area contributed by atoms with Crippen molar-refractivity contribution in [2.24, 2.45) is 5.41 Å². The van der Waals surface area contributed by atoms with Crippen LogP contribution < -0.4 is 10.2 Å². The Morgan fingerprint density at radius 2 is 2.00 bits per heavy atom. The molecule has 0 amide bonds. The number of nitrogens with zero attached hydrogens (tertiary/aromatic N) is 2. The first-order valence-corrected chi connectivity index (χ1v) is 8.81. The summed E-state index contributed by atoms with van der Waals surface area (Å²) in [5, 5.41) is 4.71. The molecule has 0 saturated carbocycles. The van der Waals surface area contributed by atoms with Gasteiger partial charge < -0.3 is 10.2 Å². The molecule has 114 valence electrons. The van der Waals surface area contributed by atoms with E-state index in [1.807, 2.05) is 11.3 Å². The number of hydrogen-bond donors (Lipinski definition) is 1. The van der Waals surface area contributed by atoms with E-state index >= 15 is 0 Å². The Labute approximate surface area is 127 Å². The molecule has 4 heteroatoms. The molecule has 0 aromatic carbocycles. The zero-order chi connectivity index (χ0) is 14.6. The summed E-state index contributed by atoms with van der Waals surface area (Å²) in [6.45, 7) is 13.5. The van der Waals surface area contributed by atoms with Crippen molar-refractivity contribution in [3.05, 3.63) is 10.6 Å². The molecule has 0 spiro atoms. The predicted molar refractivity (Wildman–Crippen MR) is 88.7 cm³/mol. The van der Waals surface area contributed by atoms with Crippen molar-refractivity contribution in [2.75, 3.05) is 24.5 Å². The minimum absolute atomic E-state index is 0.550. The number of thiazole rings is 1. The highest BCUT2D eigenvalue weighted by atomic mass is 32.1. The van der Waals surface area contributed by atoms with Gasteiger partial charge >= 0.3 is 0 Å². The van der Waals surface area contributed by atoms with Gasteiger partial charge in [0.1, 0.15) is 0 Å². The van der Waals surface area contributed by atoms with Gasteiger partial charge in [0.2, 0.25) is 0 Å². The fourth-order valence-electron chi connectivity index (χ4n) is 2.68. The van der Waals surface area contributed by atoms with Gasteiger partial charge in [-0.2, -0.15) is 0 Å². The first-order valence-electron chi connectivity index (χ1n) is 8.00. The van der Waals surface area contributed by atoms with Crippen LogP contribution in [0.15, 0.2) is 0 Å². The van der Waals surface area contributed by atoms with E-state index in [0.717, 1.165) is 13.1 Å². The van der Waals surface area contributed by atoms with E-state index < -0.39 is 0 Å². The molecule has 1 aromatic heterocycles. The van der Waals surface area contributed by atoms with E-state index in [1.54, 1.807) is 0 Å². The largest absolute Gasteiger partial charge is 0.348 e. The third-order valence-corrected chi connectivity index (χ3v) is 5.91. The molecule has 2 rings (SSSR count). The monoisotopic (exact) mass is 295 g/mol. The molecule has 0 aliphatic carbocycles. The molecular weight excluding hydrogens is 266 g/mol. The van der Waals surface area contributed by atoms with Crippen molar-refractivity contribution in [2.45, 2.75) is 59.9 Å². The van der Waals surface area contributed by atoms with E-state index in [2.05, 4.69) is 37.9 Å². The van der Waals surface area contributed by atoms with Crippen LogP contribution in [0.1, 0.15) is 57.0 Å². The topological polar surface area (TPSA) is 28.2 Å². The van der Waals surface area contributed by atoms with Crippen LogP contribution in [0.3, 0.4) is 0 Å². The van der Waals surface area contributed by atoms with Gasteiger partial charge in [0.25, 0.3) is 0 Å². The number of aromatic nitrogens is 1. The second-order valence-electron chi connectivity index (χ2n) is 6.33. The SMILES string of the molecule is CCCNCc1sc(N2CCC(C)(CC)CC2)nc1C. The lowest BCUT2D eigenvalue weighted by molar-refractivity contribution is 0.238. The Kier molecular flexibility index (Phi) is 5.44. The van der Waals surface area contributed by atoms with Crippen molar-refractivity contribution in [3.63, 3.8) is 0 Å². The van der Waals surface area contributed by atoms with Gasteiger partial charge in [-0.3, -0.25) is 0 Å². The van der Waals surface area contributed by atoms with E-state index in [1.165, 1.54) is 54.5 Å². The maximum Gasteiger partial charge on any atom is 0.185 e. The molecule has 2 heterocycles. The molecule has 1 N–H and O–H groups in total. The number of piperidine rings is 1. The fourth-order valence-corrected chi connectivity index (χ4v) is 3.76. The number of hydrogen-bond acceptors (Lipinski definition) is 4. The summed E-state index contributed by atoms with van der Waals surface area (Å²) in [4.78, 5) is 8.68. The normalized spacial score (nSPS) is 18.5. The van der Waals surface area contributed by atoms with Gasteiger partial charge in [-0.25, -0.2) is 4.98 Å². The smallest absolute Gasteiger partial charge is 0.185 e.